The molecule has 0 aromatic heterocycles. The van der Waals surface area contributed by atoms with Crippen LogP contribution in [0.4, 0.5) is 0 Å². The van der Waals surface area contributed by atoms with Gasteiger partial charge in [-0.3, -0.25) is 0 Å². The van der Waals surface area contributed by atoms with Gasteiger partial charge in [-0.25, -0.2) is 0 Å². The summed E-state index contributed by atoms with van der Waals surface area (Å²) in [6, 6.07) is 0. The zero-order valence-corrected chi connectivity index (χ0v) is 7.68. The fourth-order valence-corrected chi connectivity index (χ4v) is 1.19. The van der Waals surface area contributed by atoms with Gasteiger partial charge in [-0.1, -0.05) is 20.8 Å². The highest BCUT2D eigenvalue weighted by molar-refractivity contribution is 4.53. The molecular formula is C9H20O. The van der Waals surface area contributed by atoms with Crippen molar-refractivity contribution in [1.29, 1.82) is 0 Å². The highest BCUT2D eigenvalue weighted by Crippen LogP contribution is 2.10. The van der Waals surface area contributed by atoms with Crippen LogP contribution in [0.1, 0.15) is 34.1 Å². The Labute approximate surface area is 64.8 Å². The molecule has 1 heteroatoms. The van der Waals surface area contributed by atoms with Crippen LogP contribution in [-0.4, -0.2) is 13.2 Å². The molecule has 0 heterocycles. The average Bonchev–Trinajstić information content (AvgIpc) is 1.82. The highest BCUT2D eigenvalue weighted by atomic mass is 16.5. The summed E-state index contributed by atoms with van der Waals surface area (Å²) in [6.45, 7) is 10.6. The summed E-state index contributed by atoms with van der Waals surface area (Å²) in [5.74, 6) is 1.52. The van der Waals surface area contributed by atoms with E-state index in [2.05, 4.69) is 20.8 Å². The molecule has 0 unspecified atom stereocenters. The molecule has 10 heavy (non-hydrogen) atoms. The minimum absolute atomic E-state index is 0.722. The Balaban J connectivity index is 3.16. The van der Waals surface area contributed by atoms with Crippen LogP contribution in [0.2, 0.25) is 0 Å². The van der Waals surface area contributed by atoms with Crippen LogP contribution in [0.15, 0.2) is 0 Å². The molecule has 0 saturated heterocycles. The summed E-state index contributed by atoms with van der Waals surface area (Å²) < 4.78 is 5.30. The lowest BCUT2D eigenvalue weighted by molar-refractivity contribution is 0.108. The lowest BCUT2D eigenvalue weighted by Crippen LogP contribution is -2.08. The molecule has 0 aliphatic carbocycles. The zero-order valence-electron chi connectivity index (χ0n) is 7.68. The summed E-state index contributed by atoms with van der Waals surface area (Å²) >= 11 is 0. The van der Waals surface area contributed by atoms with Crippen LogP contribution >= 0.6 is 0 Å². The van der Waals surface area contributed by atoms with Crippen molar-refractivity contribution in [1.82, 2.24) is 0 Å². The van der Waals surface area contributed by atoms with Crippen molar-refractivity contribution < 1.29 is 4.74 Å². The highest BCUT2D eigenvalue weighted by Gasteiger charge is 2.03. The van der Waals surface area contributed by atoms with Crippen molar-refractivity contribution >= 4 is 0 Å². The molecule has 0 aromatic carbocycles. The van der Waals surface area contributed by atoms with E-state index in [-0.39, 0.29) is 0 Å². The van der Waals surface area contributed by atoms with Crippen LogP contribution in [-0.2, 0) is 4.74 Å². The van der Waals surface area contributed by atoms with Crippen molar-refractivity contribution in [2.45, 2.75) is 34.1 Å². The van der Waals surface area contributed by atoms with E-state index in [4.69, 9.17) is 4.74 Å². The van der Waals surface area contributed by atoms with Gasteiger partial charge in [-0.05, 0) is 25.2 Å². The van der Waals surface area contributed by atoms with Gasteiger partial charge in [-0.2, -0.15) is 0 Å². The molecule has 0 amide bonds. The first-order valence-electron chi connectivity index (χ1n) is 4.24. The fraction of sp³-hybridized carbons (Fsp3) is 1.00. The Kier molecular flexibility index (Phi) is 5.70. The molecule has 0 N–H and O–H groups in total. The topological polar surface area (TPSA) is 9.23 Å². The number of hydrogen-bond donors (Lipinski definition) is 0. The van der Waals surface area contributed by atoms with Crippen molar-refractivity contribution in [3.63, 3.8) is 0 Å². The van der Waals surface area contributed by atoms with Gasteiger partial charge in [0.25, 0.3) is 0 Å². The first-order valence-corrected chi connectivity index (χ1v) is 4.24. The van der Waals surface area contributed by atoms with Crippen LogP contribution in [0.5, 0.6) is 0 Å². The van der Waals surface area contributed by atoms with E-state index >= 15 is 0 Å². The number of hydrogen-bond acceptors (Lipinski definition) is 1. The van der Waals surface area contributed by atoms with Crippen LogP contribution in [0.3, 0.4) is 0 Å². The average molecular weight is 144 g/mol. The normalized spacial score (nSPS) is 14.1. The molecule has 1 nitrogen and oxygen atoms in total. The van der Waals surface area contributed by atoms with Gasteiger partial charge < -0.3 is 4.74 Å². The minimum atomic E-state index is 0.722. The number of ether oxygens (including phenoxy) is 1. The number of rotatable bonds is 5. The Hall–Kier alpha value is -0.0400. The third kappa shape index (κ3) is 6.09. The molecule has 62 valence electrons. The van der Waals surface area contributed by atoms with Crippen molar-refractivity contribution in [3.8, 4) is 0 Å². The molecular weight excluding hydrogens is 124 g/mol. The second-order valence-corrected chi connectivity index (χ2v) is 3.39. The van der Waals surface area contributed by atoms with Gasteiger partial charge in [0, 0.05) is 13.2 Å². The molecule has 0 rings (SSSR count). The van der Waals surface area contributed by atoms with Crippen molar-refractivity contribution in [3.05, 3.63) is 0 Å². The summed E-state index contributed by atoms with van der Waals surface area (Å²) in [5, 5.41) is 0. The second-order valence-electron chi connectivity index (χ2n) is 3.39. The van der Waals surface area contributed by atoms with Crippen molar-refractivity contribution in [2.75, 3.05) is 13.2 Å². The van der Waals surface area contributed by atoms with Gasteiger partial charge in [-0.15, -0.1) is 0 Å². The predicted octanol–water partition coefficient (Wildman–Crippen LogP) is 2.71. The van der Waals surface area contributed by atoms with Gasteiger partial charge in [0.15, 0.2) is 0 Å². The van der Waals surface area contributed by atoms with E-state index in [1.807, 2.05) is 6.92 Å². The summed E-state index contributed by atoms with van der Waals surface area (Å²) in [7, 11) is 0. The maximum absolute atomic E-state index is 5.30. The monoisotopic (exact) mass is 144 g/mol. The van der Waals surface area contributed by atoms with E-state index in [1.54, 1.807) is 0 Å². The summed E-state index contributed by atoms with van der Waals surface area (Å²) in [6.07, 6.45) is 1.28. The van der Waals surface area contributed by atoms with Crippen LogP contribution in [0, 0.1) is 11.8 Å². The lowest BCUT2D eigenvalue weighted by Gasteiger charge is -2.12. The zero-order chi connectivity index (χ0) is 7.98. The molecule has 0 bridgehead atoms. The Morgan fingerprint density at radius 2 is 1.80 bits per heavy atom. The second kappa shape index (κ2) is 5.72. The van der Waals surface area contributed by atoms with Crippen LogP contribution in [0.25, 0.3) is 0 Å². The van der Waals surface area contributed by atoms with Crippen molar-refractivity contribution in [2.24, 2.45) is 11.8 Å². The standard InChI is InChI=1S/C9H20O/c1-5-10-7-9(4)6-8(2)3/h8-9H,5-7H2,1-4H3/t9-/m1/s1. The van der Waals surface area contributed by atoms with Crippen LogP contribution < -0.4 is 0 Å². The lowest BCUT2D eigenvalue weighted by atomic mass is 10.00. The van der Waals surface area contributed by atoms with Gasteiger partial charge in [0.1, 0.15) is 0 Å². The maximum Gasteiger partial charge on any atom is 0.0491 e. The first kappa shape index (κ1) is 9.96. The molecule has 0 fully saturated rings. The maximum atomic E-state index is 5.30. The van der Waals surface area contributed by atoms with E-state index in [1.165, 1.54) is 6.42 Å². The summed E-state index contributed by atoms with van der Waals surface area (Å²) in [4.78, 5) is 0. The van der Waals surface area contributed by atoms with E-state index < -0.39 is 0 Å². The Morgan fingerprint density at radius 1 is 1.20 bits per heavy atom. The van der Waals surface area contributed by atoms with E-state index in [0.29, 0.717) is 0 Å². The van der Waals surface area contributed by atoms with Gasteiger partial charge in [0.05, 0.1) is 0 Å². The summed E-state index contributed by atoms with van der Waals surface area (Å²) in [5.41, 5.74) is 0. The molecule has 0 spiro atoms. The van der Waals surface area contributed by atoms with Gasteiger partial charge >= 0.3 is 0 Å². The molecule has 0 radical (unpaired) electrons. The Morgan fingerprint density at radius 3 is 2.20 bits per heavy atom. The minimum Gasteiger partial charge on any atom is -0.381 e. The smallest absolute Gasteiger partial charge is 0.0491 e. The van der Waals surface area contributed by atoms with Gasteiger partial charge in [0.2, 0.25) is 0 Å². The van der Waals surface area contributed by atoms with E-state index in [9.17, 15) is 0 Å². The van der Waals surface area contributed by atoms with E-state index in [0.717, 1.165) is 25.0 Å². The molecule has 0 aliphatic rings. The largest absolute Gasteiger partial charge is 0.381 e. The molecule has 0 aliphatic heterocycles. The molecule has 0 aromatic rings. The first-order chi connectivity index (χ1) is 4.66. The predicted molar refractivity (Wildman–Crippen MR) is 45.1 cm³/mol. The Bertz CT molecular complexity index is 69.1. The fourth-order valence-electron chi connectivity index (χ4n) is 1.19. The molecule has 0 saturated carbocycles. The molecule has 1 atom stereocenters. The SMILES string of the molecule is CCOC[C@H](C)CC(C)C. The quantitative estimate of drug-likeness (QED) is 0.576. The third-order valence-corrected chi connectivity index (χ3v) is 1.48. The third-order valence-electron chi connectivity index (χ3n) is 1.48.